The summed E-state index contributed by atoms with van der Waals surface area (Å²) in [4.78, 5) is 0. The molecule has 0 N–H and O–H groups in total. The Morgan fingerprint density at radius 2 is 1.10 bits per heavy atom. The van der Waals surface area contributed by atoms with Crippen LogP contribution in [0.25, 0.3) is 0 Å². The number of hydrogen-bond acceptors (Lipinski definition) is 5. The summed E-state index contributed by atoms with van der Waals surface area (Å²) in [6, 6.07) is 0. The van der Waals surface area contributed by atoms with Crippen molar-refractivity contribution < 1.29 is 191 Å². The minimum atomic E-state index is -4.08. The molecule has 0 atom stereocenters. The van der Waals surface area contributed by atoms with Crippen molar-refractivity contribution in [2.24, 2.45) is 0 Å². The second-order valence-corrected chi connectivity index (χ2v) is 1.32. The Balaban J connectivity index is -0.0000000131. The normalized spacial score (nSPS) is 3.40. The van der Waals surface area contributed by atoms with Crippen molar-refractivity contribution in [3.8, 4) is 0 Å². The summed E-state index contributed by atoms with van der Waals surface area (Å²) in [7, 11) is 0. The summed E-state index contributed by atoms with van der Waals surface area (Å²) >= 11 is -5.83. The average molecular weight is 272 g/mol. The second kappa shape index (κ2) is 29.3. The molecule has 0 amide bonds. The van der Waals surface area contributed by atoms with Gasteiger partial charge in [0.2, 0.25) is 0 Å². The van der Waals surface area contributed by atoms with Gasteiger partial charge in [0.25, 0.3) is 0 Å². The molecule has 0 aromatic rings. The van der Waals surface area contributed by atoms with E-state index < -0.39 is 34.1 Å². The Bertz CT molecular complexity index is 63.9. The van der Waals surface area contributed by atoms with Gasteiger partial charge in [-0.3, -0.25) is 0 Å². The van der Waals surface area contributed by atoms with E-state index in [2.05, 4.69) is 0 Å². The third-order valence-electron chi connectivity index (χ3n) is 0. The van der Waals surface area contributed by atoms with Gasteiger partial charge in [-0.25, -0.2) is 0 Å². The first-order chi connectivity index (χ1) is 3.15. The third kappa shape index (κ3) is 70.0. The molecule has 0 aliphatic carbocycles. The zero-order valence-electron chi connectivity index (χ0n) is 6.12. The van der Waals surface area contributed by atoms with Gasteiger partial charge in [-0.1, -0.05) is 0 Å². The van der Waals surface area contributed by atoms with Crippen LogP contribution in [-0.2, 0) is 25.7 Å². The van der Waals surface area contributed by atoms with Gasteiger partial charge in [-0.2, -0.15) is 0 Å². The van der Waals surface area contributed by atoms with Gasteiger partial charge in [0.1, 0.15) is 0 Å². The van der Waals surface area contributed by atoms with E-state index in [1.807, 2.05) is 0 Å². The Hall–Kier alpha value is 5.48. The summed E-state index contributed by atoms with van der Waals surface area (Å²) in [6.45, 7) is 0. The molecule has 0 radical (unpaired) electrons. The Morgan fingerprint density at radius 1 is 1.10 bits per heavy atom. The van der Waals surface area contributed by atoms with Gasteiger partial charge < -0.3 is 0 Å². The van der Waals surface area contributed by atoms with Gasteiger partial charge in [0.15, 0.2) is 0 Å². The molecule has 0 rings (SSSR count). The fraction of sp³-hybridized carbons (Fsp3) is 0. The summed E-state index contributed by atoms with van der Waals surface area (Å²) in [5, 5.41) is 0. The first kappa shape index (κ1) is 29.6. The predicted molar refractivity (Wildman–Crippen MR) is 7.13 cm³/mol. The fourth-order valence-electron chi connectivity index (χ4n) is 0. The monoisotopic (exact) mass is 272 g/mol. The van der Waals surface area contributed by atoms with E-state index in [0.717, 1.165) is 0 Å². The quantitative estimate of drug-likeness (QED) is 0.407. The molecule has 0 aliphatic rings. The first-order valence-electron chi connectivity index (χ1n) is 1.08. The van der Waals surface area contributed by atoms with Crippen molar-refractivity contribution in [1.82, 2.24) is 0 Å². The van der Waals surface area contributed by atoms with Crippen LogP contribution in [0.1, 0.15) is 0 Å². The van der Waals surface area contributed by atoms with Crippen molar-refractivity contribution in [1.29, 1.82) is 0 Å². The van der Waals surface area contributed by atoms with Crippen molar-refractivity contribution in [2.45, 2.75) is 0 Å². The SMILES string of the molecule is [K+].[K+].[K+].[O]=[Al][O-].[O]=[Ti]([O-])[O-]. The molecule has 40 valence electrons. The van der Waals surface area contributed by atoms with Gasteiger partial charge in [-0.05, 0) is 0 Å². The minimum absolute atomic E-state index is 0. The van der Waals surface area contributed by atoms with Crippen LogP contribution < -0.4 is 166 Å². The Labute approximate surface area is 200 Å². The van der Waals surface area contributed by atoms with E-state index in [-0.39, 0.29) is 154 Å². The molecule has 10 heteroatoms. The van der Waals surface area contributed by atoms with Crippen LogP contribution in [-0.4, -0.2) is 15.5 Å². The van der Waals surface area contributed by atoms with E-state index in [1.54, 1.807) is 0 Å². The van der Waals surface area contributed by atoms with Gasteiger partial charge >= 0.3 is 207 Å². The standard InChI is InChI=1S/Al.3K.5O.Ti/q;3*+1;;;3*-1;. The van der Waals surface area contributed by atoms with Crippen LogP contribution in [0.5, 0.6) is 0 Å². The summed E-state index contributed by atoms with van der Waals surface area (Å²) in [5.74, 6) is 0. The molecular weight excluding hydrogens is 272 g/mol. The number of rotatable bonds is 0. The van der Waals surface area contributed by atoms with E-state index in [4.69, 9.17) is 18.7 Å². The van der Waals surface area contributed by atoms with Crippen LogP contribution in [0.4, 0.5) is 0 Å². The van der Waals surface area contributed by atoms with E-state index in [0.29, 0.717) is 0 Å². The van der Waals surface area contributed by atoms with Crippen LogP contribution in [0.3, 0.4) is 0 Å². The van der Waals surface area contributed by atoms with Gasteiger partial charge in [-0.15, -0.1) is 0 Å². The van der Waals surface area contributed by atoms with E-state index >= 15 is 0 Å². The zero-order chi connectivity index (χ0) is 6.28. The molecule has 0 aliphatic heterocycles. The summed E-state index contributed by atoms with van der Waals surface area (Å²) < 4.78 is 42.7. The van der Waals surface area contributed by atoms with Crippen molar-refractivity contribution in [2.75, 3.05) is 0 Å². The molecule has 0 saturated carbocycles. The molecule has 0 heterocycles. The molecule has 5 nitrogen and oxygen atoms in total. The maximum absolute atomic E-state index is 8.58. The summed E-state index contributed by atoms with van der Waals surface area (Å²) in [6.07, 6.45) is 0. The van der Waals surface area contributed by atoms with Crippen LogP contribution >= 0.6 is 0 Å². The second-order valence-electron chi connectivity index (χ2n) is 0.346. The molecule has 0 aromatic heterocycles. The molecule has 10 heavy (non-hydrogen) atoms. The van der Waals surface area contributed by atoms with Gasteiger partial charge in [0.05, 0.1) is 0 Å². The molecular formula is AlK3O5Ti. The molecule has 0 fully saturated rings. The van der Waals surface area contributed by atoms with Crippen LogP contribution in [0.2, 0.25) is 0 Å². The molecule has 0 spiro atoms. The average Bonchev–Trinajstić information content (AvgIpc) is 1.33. The topological polar surface area (TPSA) is 103 Å². The third-order valence-corrected chi connectivity index (χ3v) is 0. The molecule has 0 unspecified atom stereocenters. The van der Waals surface area contributed by atoms with E-state index in [9.17, 15) is 0 Å². The van der Waals surface area contributed by atoms with Crippen LogP contribution in [0.15, 0.2) is 0 Å². The van der Waals surface area contributed by atoms with E-state index in [1.165, 1.54) is 0 Å². The Kier molecular flexibility index (Phi) is 86.5. The zero-order valence-corrected chi connectivity index (χ0v) is 18.2. The number of hydrogen-bond donors (Lipinski definition) is 0. The maximum atomic E-state index is 8.58. The predicted octanol–water partition coefficient (Wildman–Crippen LogP) is -13.2. The molecule has 0 saturated heterocycles. The van der Waals surface area contributed by atoms with Crippen molar-refractivity contribution in [3.05, 3.63) is 0 Å². The van der Waals surface area contributed by atoms with Crippen molar-refractivity contribution in [3.63, 3.8) is 0 Å². The fourth-order valence-corrected chi connectivity index (χ4v) is 0. The van der Waals surface area contributed by atoms with Gasteiger partial charge in [0, 0.05) is 0 Å². The van der Waals surface area contributed by atoms with Crippen molar-refractivity contribution >= 4 is 15.5 Å². The summed E-state index contributed by atoms with van der Waals surface area (Å²) in [5.41, 5.74) is 0. The first-order valence-corrected chi connectivity index (χ1v) is 3.94. The molecule has 0 bridgehead atoms. The molecule has 0 aromatic carbocycles. The van der Waals surface area contributed by atoms with Crippen LogP contribution in [0, 0.1) is 0 Å². The Morgan fingerprint density at radius 3 is 1.10 bits per heavy atom.